The van der Waals surface area contributed by atoms with Gasteiger partial charge >= 0.3 is 0 Å². The molecule has 22 heavy (non-hydrogen) atoms. The van der Waals surface area contributed by atoms with Crippen LogP contribution in [0.4, 0.5) is 0 Å². The Morgan fingerprint density at radius 1 is 1.05 bits per heavy atom. The second kappa shape index (κ2) is 7.38. The smallest absolute Gasteiger partial charge is 0.184 e. The van der Waals surface area contributed by atoms with Gasteiger partial charge < -0.3 is 4.84 Å². The standard InChI is InChI=1S/C16H14N2O3S/c17-11-15(18-21-12-14-7-3-1-4-8-14)13-22(19,20)16-9-5-2-6-10-16/h1-10H,12-13H2/b18-15+. The van der Waals surface area contributed by atoms with Crippen molar-refractivity contribution in [2.45, 2.75) is 11.5 Å². The molecule has 2 aromatic rings. The van der Waals surface area contributed by atoms with E-state index in [1.807, 2.05) is 30.3 Å². The highest BCUT2D eigenvalue weighted by atomic mass is 32.2. The fourth-order valence-corrected chi connectivity index (χ4v) is 2.94. The first kappa shape index (κ1) is 15.7. The minimum atomic E-state index is -3.60. The zero-order chi connectivity index (χ0) is 15.8. The summed E-state index contributed by atoms with van der Waals surface area (Å²) in [5.74, 6) is -0.484. The highest BCUT2D eigenvalue weighted by Crippen LogP contribution is 2.10. The Balaban J connectivity index is 2.03. The molecule has 0 heterocycles. The third kappa shape index (κ3) is 4.43. The number of hydrogen-bond donors (Lipinski definition) is 0. The van der Waals surface area contributed by atoms with Gasteiger partial charge in [-0.2, -0.15) is 5.26 Å². The van der Waals surface area contributed by atoms with Crippen LogP contribution in [0.5, 0.6) is 0 Å². The highest BCUT2D eigenvalue weighted by molar-refractivity contribution is 7.92. The molecular formula is C16H14N2O3S. The summed E-state index contributed by atoms with van der Waals surface area (Å²) in [5, 5.41) is 12.6. The lowest BCUT2D eigenvalue weighted by atomic mass is 10.2. The Bertz CT molecular complexity index is 779. The Morgan fingerprint density at radius 2 is 1.64 bits per heavy atom. The Morgan fingerprint density at radius 3 is 2.23 bits per heavy atom. The van der Waals surface area contributed by atoms with Gasteiger partial charge in [0, 0.05) is 0 Å². The van der Waals surface area contributed by atoms with Crippen LogP contribution in [0.2, 0.25) is 0 Å². The Hall–Kier alpha value is -2.65. The topological polar surface area (TPSA) is 79.5 Å². The van der Waals surface area contributed by atoms with Crippen LogP contribution in [0.1, 0.15) is 5.56 Å². The van der Waals surface area contributed by atoms with E-state index in [1.54, 1.807) is 24.3 Å². The number of sulfone groups is 1. The number of oxime groups is 1. The lowest BCUT2D eigenvalue weighted by Crippen LogP contribution is -2.15. The van der Waals surface area contributed by atoms with E-state index < -0.39 is 15.6 Å². The summed E-state index contributed by atoms with van der Waals surface area (Å²) < 4.78 is 24.3. The highest BCUT2D eigenvalue weighted by Gasteiger charge is 2.18. The molecule has 0 aromatic heterocycles. The predicted molar refractivity (Wildman–Crippen MR) is 82.8 cm³/mol. The fraction of sp³-hybridized carbons (Fsp3) is 0.125. The zero-order valence-electron chi connectivity index (χ0n) is 11.7. The van der Waals surface area contributed by atoms with Crippen molar-refractivity contribution in [2.24, 2.45) is 5.16 Å². The van der Waals surface area contributed by atoms with Gasteiger partial charge in [-0.05, 0) is 17.7 Å². The molecule has 6 heteroatoms. The lowest BCUT2D eigenvalue weighted by Gasteiger charge is -2.03. The van der Waals surface area contributed by atoms with Crippen LogP contribution >= 0.6 is 0 Å². The number of benzene rings is 2. The van der Waals surface area contributed by atoms with E-state index in [2.05, 4.69) is 5.16 Å². The van der Waals surface area contributed by atoms with Gasteiger partial charge in [0.2, 0.25) is 0 Å². The molecule has 112 valence electrons. The maximum atomic E-state index is 12.1. The first-order valence-corrected chi connectivity index (χ1v) is 8.18. The van der Waals surface area contributed by atoms with Crippen LogP contribution in [0.25, 0.3) is 0 Å². The van der Waals surface area contributed by atoms with E-state index in [0.29, 0.717) is 0 Å². The molecule has 0 radical (unpaired) electrons. The van der Waals surface area contributed by atoms with Gasteiger partial charge in [0.15, 0.2) is 15.5 Å². The van der Waals surface area contributed by atoms with Crippen molar-refractivity contribution in [3.05, 3.63) is 66.2 Å². The summed E-state index contributed by atoms with van der Waals surface area (Å²) in [7, 11) is -3.60. The molecule has 0 N–H and O–H groups in total. The second-order valence-corrected chi connectivity index (χ2v) is 6.47. The molecule has 0 aliphatic rings. The summed E-state index contributed by atoms with van der Waals surface area (Å²) in [6.45, 7) is 0.178. The van der Waals surface area contributed by atoms with Crippen LogP contribution in [0.3, 0.4) is 0 Å². The molecule has 2 rings (SSSR count). The van der Waals surface area contributed by atoms with E-state index in [1.165, 1.54) is 12.1 Å². The molecule has 0 fully saturated rings. The van der Waals surface area contributed by atoms with Crippen molar-refractivity contribution in [1.29, 1.82) is 5.26 Å². The monoisotopic (exact) mass is 314 g/mol. The largest absolute Gasteiger partial charge is 0.390 e. The first-order chi connectivity index (χ1) is 10.6. The van der Waals surface area contributed by atoms with Crippen molar-refractivity contribution in [3.63, 3.8) is 0 Å². The van der Waals surface area contributed by atoms with Gasteiger partial charge in [0.25, 0.3) is 0 Å². The molecular weight excluding hydrogens is 300 g/mol. The van der Waals surface area contributed by atoms with Gasteiger partial charge in [-0.1, -0.05) is 53.7 Å². The Kier molecular flexibility index (Phi) is 5.28. The van der Waals surface area contributed by atoms with Crippen molar-refractivity contribution in [1.82, 2.24) is 0 Å². The minimum Gasteiger partial charge on any atom is -0.390 e. The fourth-order valence-electron chi connectivity index (χ4n) is 1.73. The van der Waals surface area contributed by atoms with Gasteiger partial charge in [0.05, 0.1) is 4.90 Å². The molecule has 0 unspecified atom stereocenters. The zero-order valence-corrected chi connectivity index (χ0v) is 12.5. The summed E-state index contributed by atoms with van der Waals surface area (Å²) >= 11 is 0. The average molecular weight is 314 g/mol. The van der Waals surface area contributed by atoms with Crippen LogP contribution in [-0.4, -0.2) is 19.9 Å². The van der Waals surface area contributed by atoms with E-state index in [-0.39, 0.29) is 17.2 Å². The summed E-state index contributed by atoms with van der Waals surface area (Å²) in [4.78, 5) is 5.21. The maximum Gasteiger partial charge on any atom is 0.184 e. The van der Waals surface area contributed by atoms with Crippen molar-refractivity contribution < 1.29 is 13.3 Å². The van der Waals surface area contributed by atoms with E-state index in [9.17, 15) is 8.42 Å². The van der Waals surface area contributed by atoms with Crippen LogP contribution in [0.15, 0.2) is 70.7 Å². The van der Waals surface area contributed by atoms with Crippen molar-refractivity contribution >= 4 is 15.5 Å². The third-order valence-corrected chi connectivity index (χ3v) is 4.45. The first-order valence-electron chi connectivity index (χ1n) is 6.52. The second-order valence-electron chi connectivity index (χ2n) is 4.48. The van der Waals surface area contributed by atoms with Crippen molar-refractivity contribution in [3.8, 4) is 6.07 Å². The minimum absolute atomic E-state index is 0.154. The van der Waals surface area contributed by atoms with Gasteiger partial charge in [0.1, 0.15) is 18.4 Å². The molecule has 0 spiro atoms. The van der Waals surface area contributed by atoms with Crippen LogP contribution in [-0.2, 0) is 21.3 Å². The predicted octanol–water partition coefficient (Wildman–Crippen LogP) is 2.56. The molecule has 0 saturated carbocycles. The number of nitriles is 1. The average Bonchev–Trinajstić information content (AvgIpc) is 2.55. The summed E-state index contributed by atoms with van der Waals surface area (Å²) in [5.41, 5.74) is 0.703. The van der Waals surface area contributed by atoms with E-state index in [0.717, 1.165) is 5.56 Å². The number of nitrogens with zero attached hydrogens (tertiary/aromatic N) is 2. The van der Waals surface area contributed by atoms with E-state index >= 15 is 0 Å². The molecule has 0 bridgehead atoms. The summed E-state index contributed by atoms with van der Waals surface area (Å²) in [6.07, 6.45) is 0. The molecule has 0 amide bonds. The number of rotatable bonds is 6. The van der Waals surface area contributed by atoms with Gasteiger partial charge in [-0.15, -0.1) is 0 Å². The lowest BCUT2D eigenvalue weighted by molar-refractivity contribution is 0.131. The van der Waals surface area contributed by atoms with E-state index in [4.69, 9.17) is 10.1 Å². The van der Waals surface area contributed by atoms with Crippen LogP contribution < -0.4 is 0 Å². The third-order valence-electron chi connectivity index (χ3n) is 2.81. The van der Waals surface area contributed by atoms with Crippen molar-refractivity contribution in [2.75, 3.05) is 5.75 Å². The molecule has 0 aliphatic heterocycles. The number of hydrogen-bond acceptors (Lipinski definition) is 5. The van der Waals surface area contributed by atoms with Gasteiger partial charge in [-0.25, -0.2) is 8.42 Å². The normalized spacial score (nSPS) is 11.7. The molecule has 0 atom stereocenters. The molecule has 0 saturated heterocycles. The molecule has 2 aromatic carbocycles. The quantitative estimate of drug-likeness (QED) is 0.606. The molecule has 5 nitrogen and oxygen atoms in total. The SMILES string of the molecule is N#C/C(CS(=O)(=O)c1ccccc1)=N\OCc1ccccc1. The van der Waals surface area contributed by atoms with Crippen LogP contribution in [0, 0.1) is 11.3 Å². The Labute approximate surface area is 129 Å². The van der Waals surface area contributed by atoms with Gasteiger partial charge in [-0.3, -0.25) is 0 Å². The molecule has 0 aliphatic carbocycles. The summed E-state index contributed by atoms with van der Waals surface area (Å²) in [6, 6.07) is 19.0. The maximum absolute atomic E-state index is 12.1.